The van der Waals surface area contributed by atoms with Crippen molar-refractivity contribution in [2.24, 2.45) is 4.99 Å². The predicted octanol–water partition coefficient (Wildman–Crippen LogP) is 2.84. The van der Waals surface area contributed by atoms with Gasteiger partial charge in [0.05, 0.1) is 5.00 Å². The molecule has 138 valence electrons. The second-order valence-corrected chi connectivity index (χ2v) is 7.36. The molecule has 0 radical (unpaired) electrons. The summed E-state index contributed by atoms with van der Waals surface area (Å²) in [4.78, 5) is 9.17. The molecule has 0 saturated carbocycles. The molecule has 1 fully saturated rings. The van der Waals surface area contributed by atoms with Gasteiger partial charge in [-0.1, -0.05) is 0 Å². The molecule has 2 rings (SSSR count). The molecule has 0 spiro atoms. The van der Waals surface area contributed by atoms with Crippen molar-refractivity contribution in [1.82, 2.24) is 15.5 Å². The van der Waals surface area contributed by atoms with Crippen LogP contribution in [0.3, 0.4) is 0 Å². The number of nitrogens with one attached hydrogen (secondary N) is 2. The lowest BCUT2D eigenvalue weighted by atomic mass is 10.1. The Hall–Kier alpha value is -0.540. The van der Waals surface area contributed by atoms with Gasteiger partial charge >= 0.3 is 0 Å². The molecule has 2 heterocycles. The van der Waals surface area contributed by atoms with Crippen molar-refractivity contribution in [1.29, 1.82) is 0 Å². The number of thiophene rings is 1. The van der Waals surface area contributed by atoms with Crippen molar-refractivity contribution in [3.8, 4) is 0 Å². The van der Waals surface area contributed by atoms with Crippen LogP contribution in [0.4, 0.5) is 5.00 Å². The summed E-state index contributed by atoms with van der Waals surface area (Å²) >= 11 is 1.83. The minimum atomic E-state index is 0. The fourth-order valence-electron chi connectivity index (χ4n) is 2.69. The van der Waals surface area contributed by atoms with Crippen LogP contribution >= 0.6 is 35.3 Å². The third-order valence-corrected chi connectivity index (χ3v) is 5.44. The molecular formula is C17H32IN5S. The highest BCUT2D eigenvalue weighted by atomic mass is 127. The molecular weight excluding hydrogens is 433 g/mol. The van der Waals surface area contributed by atoms with E-state index in [4.69, 9.17) is 0 Å². The summed E-state index contributed by atoms with van der Waals surface area (Å²) in [6, 6.07) is 5.43. The van der Waals surface area contributed by atoms with Crippen LogP contribution < -0.4 is 15.5 Å². The first kappa shape index (κ1) is 21.5. The lowest BCUT2D eigenvalue weighted by Crippen LogP contribution is -2.49. The van der Waals surface area contributed by atoms with Gasteiger partial charge in [-0.05, 0) is 51.2 Å². The molecule has 24 heavy (non-hydrogen) atoms. The lowest BCUT2D eigenvalue weighted by molar-refractivity contribution is 0.278. The zero-order chi connectivity index (χ0) is 16.7. The number of hydrogen-bond acceptors (Lipinski definition) is 4. The number of rotatable bonds is 6. The monoisotopic (exact) mass is 465 g/mol. The molecule has 2 N–H and O–H groups in total. The summed E-state index contributed by atoms with van der Waals surface area (Å²) in [6.45, 7) is 8.61. The SMILES string of the molecule is CN=C(NCCN(C)C(C)C)NC1CCN(c2cccs2)CC1.I. The van der Waals surface area contributed by atoms with Gasteiger partial charge in [0.2, 0.25) is 0 Å². The summed E-state index contributed by atoms with van der Waals surface area (Å²) in [5.41, 5.74) is 0. The molecule has 0 unspecified atom stereocenters. The zero-order valence-corrected chi connectivity index (χ0v) is 18.4. The van der Waals surface area contributed by atoms with Gasteiger partial charge in [0.1, 0.15) is 0 Å². The standard InChI is InChI=1S/C17H31N5S.HI/c1-14(2)21(4)12-9-19-17(18-3)20-15-7-10-22(11-8-15)16-6-5-13-23-16;/h5-6,13-15H,7-12H2,1-4H3,(H2,18,19,20);1H. The Morgan fingerprint density at radius 3 is 2.67 bits per heavy atom. The number of piperidine rings is 1. The summed E-state index contributed by atoms with van der Waals surface area (Å²) in [6.07, 6.45) is 2.31. The minimum absolute atomic E-state index is 0. The van der Waals surface area contributed by atoms with Crippen LogP contribution in [-0.2, 0) is 0 Å². The van der Waals surface area contributed by atoms with Crippen molar-refractivity contribution in [3.05, 3.63) is 17.5 Å². The maximum Gasteiger partial charge on any atom is 0.191 e. The fourth-order valence-corrected chi connectivity index (χ4v) is 3.48. The highest BCUT2D eigenvalue weighted by molar-refractivity contribution is 14.0. The van der Waals surface area contributed by atoms with Gasteiger partial charge in [-0.3, -0.25) is 4.99 Å². The van der Waals surface area contributed by atoms with E-state index in [1.807, 2.05) is 18.4 Å². The fraction of sp³-hybridized carbons (Fsp3) is 0.706. The highest BCUT2D eigenvalue weighted by Crippen LogP contribution is 2.24. The zero-order valence-electron chi connectivity index (χ0n) is 15.3. The molecule has 1 aromatic rings. The van der Waals surface area contributed by atoms with Crippen LogP contribution in [0.1, 0.15) is 26.7 Å². The van der Waals surface area contributed by atoms with E-state index in [0.717, 1.165) is 45.0 Å². The quantitative estimate of drug-likeness (QED) is 0.385. The Morgan fingerprint density at radius 2 is 2.12 bits per heavy atom. The van der Waals surface area contributed by atoms with Crippen molar-refractivity contribution >= 4 is 46.3 Å². The normalized spacial score (nSPS) is 16.4. The van der Waals surface area contributed by atoms with E-state index in [0.29, 0.717) is 12.1 Å². The van der Waals surface area contributed by atoms with Gasteiger partial charge in [0, 0.05) is 45.3 Å². The van der Waals surface area contributed by atoms with Gasteiger partial charge in [0.15, 0.2) is 5.96 Å². The van der Waals surface area contributed by atoms with Gasteiger partial charge in [-0.2, -0.15) is 0 Å². The summed E-state index contributed by atoms with van der Waals surface area (Å²) < 4.78 is 0. The first-order valence-corrected chi connectivity index (χ1v) is 9.44. The summed E-state index contributed by atoms with van der Waals surface area (Å²) in [5.74, 6) is 0.928. The van der Waals surface area contributed by atoms with Crippen molar-refractivity contribution < 1.29 is 0 Å². The predicted molar refractivity (Wildman–Crippen MR) is 117 cm³/mol. The summed E-state index contributed by atoms with van der Waals surface area (Å²) in [5, 5.41) is 10.5. The molecule has 0 atom stereocenters. The number of anilines is 1. The van der Waals surface area contributed by atoms with Crippen LogP contribution in [0.5, 0.6) is 0 Å². The van der Waals surface area contributed by atoms with E-state index in [9.17, 15) is 0 Å². The topological polar surface area (TPSA) is 42.9 Å². The molecule has 7 heteroatoms. The Kier molecular flexibility index (Phi) is 9.99. The maximum absolute atomic E-state index is 4.36. The van der Waals surface area contributed by atoms with E-state index >= 15 is 0 Å². The molecule has 1 saturated heterocycles. The van der Waals surface area contributed by atoms with Crippen molar-refractivity contribution in [2.75, 3.05) is 45.2 Å². The number of nitrogens with zero attached hydrogens (tertiary/aromatic N) is 3. The van der Waals surface area contributed by atoms with Crippen LogP contribution in [0.2, 0.25) is 0 Å². The minimum Gasteiger partial charge on any atom is -0.363 e. The molecule has 1 aromatic heterocycles. The Labute approximate surface area is 167 Å². The Balaban J connectivity index is 0.00000288. The number of aliphatic imine (C=N–C) groups is 1. The Morgan fingerprint density at radius 1 is 1.42 bits per heavy atom. The van der Waals surface area contributed by atoms with E-state index in [-0.39, 0.29) is 24.0 Å². The number of likely N-dealkylation sites (N-methyl/N-ethyl adjacent to an activating group) is 1. The largest absolute Gasteiger partial charge is 0.363 e. The van der Waals surface area contributed by atoms with Crippen LogP contribution in [-0.4, -0.2) is 63.2 Å². The van der Waals surface area contributed by atoms with E-state index in [2.05, 4.69) is 63.8 Å². The molecule has 0 aliphatic carbocycles. The lowest BCUT2D eigenvalue weighted by Gasteiger charge is -2.33. The van der Waals surface area contributed by atoms with Crippen LogP contribution in [0.15, 0.2) is 22.5 Å². The van der Waals surface area contributed by atoms with Gasteiger partial charge in [-0.25, -0.2) is 0 Å². The third kappa shape index (κ3) is 6.76. The second kappa shape index (κ2) is 11.1. The van der Waals surface area contributed by atoms with Crippen LogP contribution in [0, 0.1) is 0 Å². The highest BCUT2D eigenvalue weighted by Gasteiger charge is 2.20. The molecule has 0 aromatic carbocycles. The van der Waals surface area contributed by atoms with E-state index < -0.39 is 0 Å². The Bertz CT molecular complexity index is 469. The van der Waals surface area contributed by atoms with Gasteiger partial charge in [-0.15, -0.1) is 35.3 Å². The van der Waals surface area contributed by atoms with Gasteiger partial charge in [0.25, 0.3) is 0 Å². The number of hydrogen-bond donors (Lipinski definition) is 2. The maximum atomic E-state index is 4.36. The first-order valence-electron chi connectivity index (χ1n) is 8.56. The smallest absolute Gasteiger partial charge is 0.191 e. The van der Waals surface area contributed by atoms with Crippen molar-refractivity contribution in [3.63, 3.8) is 0 Å². The molecule has 0 bridgehead atoms. The average Bonchev–Trinajstić information content (AvgIpc) is 3.08. The van der Waals surface area contributed by atoms with E-state index in [1.165, 1.54) is 5.00 Å². The summed E-state index contributed by atoms with van der Waals surface area (Å²) in [7, 11) is 4.01. The van der Waals surface area contributed by atoms with Crippen molar-refractivity contribution in [2.45, 2.75) is 38.8 Å². The molecule has 5 nitrogen and oxygen atoms in total. The molecule has 1 aliphatic heterocycles. The molecule has 0 amide bonds. The average molecular weight is 465 g/mol. The van der Waals surface area contributed by atoms with Crippen LogP contribution in [0.25, 0.3) is 0 Å². The van der Waals surface area contributed by atoms with Gasteiger partial charge < -0.3 is 20.4 Å². The molecule has 1 aliphatic rings. The second-order valence-electron chi connectivity index (χ2n) is 6.43. The number of guanidine groups is 1. The third-order valence-electron chi connectivity index (χ3n) is 4.52. The van der Waals surface area contributed by atoms with E-state index in [1.54, 1.807) is 0 Å². The first-order chi connectivity index (χ1) is 11.1. The number of halogens is 1.